The van der Waals surface area contributed by atoms with Gasteiger partial charge in [0, 0.05) is 5.57 Å². The van der Waals surface area contributed by atoms with Crippen LogP contribution in [-0.4, -0.2) is 104 Å². The third-order valence-corrected chi connectivity index (χ3v) is 3.43. The number of hydrogen-bond acceptors (Lipinski definition) is 9. The molecule has 0 heterocycles. The number of ether oxygens (including phenoxy) is 8. The van der Waals surface area contributed by atoms with E-state index in [1.54, 1.807) is 6.92 Å². The van der Waals surface area contributed by atoms with E-state index in [-0.39, 0.29) is 12.2 Å². The molecule has 0 radical (unpaired) electrons. The van der Waals surface area contributed by atoms with E-state index >= 15 is 0 Å². The van der Waals surface area contributed by atoms with Crippen LogP contribution in [0.25, 0.3) is 0 Å². The largest absolute Gasteiger partial charge is 0.460 e. The Balaban J connectivity index is 3.10. The lowest BCUT2D eigenvalue weighted by molar-refractivity contribution is -0.140. The molecule has 31 heavy (non-hydrogen) atoms. The van der Waals surface area contributed by atoms with Crippen LogP contribution < -0.4 is 0 Å². The van der Waals surface area contributed by atoms with Gasteiger partial charge in [0.2, 0.25) is 0 Å². The first-order valence-corrected chi connectivity index (χ1v) is 10.8. The molecule has 0 bridgehead atoms. The van der Waals surface area contributed by atoms with Gasteiger partial charge in [-0.3, -0.25) is 0 Å². The first kappa shape index (κ1) is 29.9. The topological polar surface area (TPSA) is 90.9 Å². The summed E-state index contributed by atoms with van der Waals surface area (Å²) in [5.74, 6) is -0.406. The van der Waals surface area contributed by atoms with Gasteiger partial charge in [-0.1, -0.05) is 6.58 Å². The van der Waals surface area contributed by atoms with Crippen LogP contribution in [-0.2, 0) is 42.7 Å². The Morgan fingerprint density at radius 3 is 1.16 bits per heavy atom. The summed E-state index contributed by atoms with van der Waals surface area (Å²) in [5.41, 5.74) is 0.245. The second-order valence-electron chi connectivity index (χ2n) is 7.55. The van der Waals surface area contributed by atoms with Crippen molar-refractivity contribution >= 4 is 5.97 Å². The Kier molecular flexibility index (Phi) is 20.1. The van der Waals surface area contributed by atoms with Crippen LogP contribution in [0.4, 0.5) is 0 Å². The van der Waals surface area contributed by atoms with Crippen molar-refractivity contribution in [2.45, 2.75) is 33.3 Å². The van der Waals surface area contributed by atoms with Gasteiger partial charge in [-0.15, -0.1) is 0 Å². The molecule has 0 aromatic carbocycles. The fourth-order valence-corrected chi connectivity index (χ4v) is 1.92. The molecular weight excluding hydrogens is 408 g/mol. The quantitative estimate of drug-likeness (QED) is 0.140. The predicted octanol–water partition coefficient (Wildman–Crippen LogP) is 2.02. The summed E-state index contributed by atoms with van der Waals surface area (Å²) in [6, 6.07) is 0. The molecule has 0 aromatic heterocycles. The molecule has 0 fully saturated rings. The molecule has 0 saturated heterocycles. The van der Waals surface area contributed by atoms with Gasteiger partial charge in [-0.25, -0.2) is 4.79 Å². The van der Waals surface area contributed by atoms with E-state index in [1.807, 2.05) is 20.8 Å². The van der Waals surface area contributed by atoms with Crippen LogP contribution in [0.5, 0.6) is 0 Å². The van der Waals surface area contributed by atoms with Crippen molar-refractivity contribution in [1.82, 2.24) is 0 Å². The van der Waals surface area contributed by atoms with Crippen molar-refractivity contribution in [3.05, 3.63) is 12.2 Å². The van der Waals surface area contributed by atoms with Crippen LogP contribution in [0.1, 0.15) is 27.7 Å². The maximum Gasteiger partial charge on any atom is 0.333 e. The maximum atomic E-state index is 11.1. The van der Waals surface area contributed by atoms with Crippen molar-refractivity contribution < 1.29 is 42.7 Å². The molecule has 0 unspecified atom stereocenters. The average Bonchev–Trinajstić information content (AvgIpc) is 2.70. The predicted molar refractivity (Wildman–Crippen MR) is 116 cm³/mol. The van der Waals surface area contributed by atoms with E-state index in [0.29, 0.717) is 91.5 Å². The van der Waals surface area contributed by atoms with Gasteiger partial charge in [0.25, 0.3) is 0 Å². The Morgan fingerprint density at radius 2 is 0.871 bits per heavy atom. The molecule has 0 aliphatic carbocycles. The molecule has 0 atom stereocenters. The lowest BCUT2D eigenvalue weighted by atomic mass is 10.2. The third-order valence-electron chi connectivity index (χ3n) is 3.43. The Hall–Kier alpha value is -1.07. The third kappa shape index (κ3) is 25.1. The zero-order valence-corrected chi connectivity index (χ0v) is 19.8. The number of esters is 1. The zero-order chi connectivity index (χ0) is 23.2. The van der Waals surface area contributed by atoms with Gasteiger partial charge >= 0.3 is 5.97 Å². The SMILES string of the molecule is C=C(C)C(=O)OCCOCCOCCOCCOCCOCCOCCOC(C)(C)C. The fourth-order valence-electron chi connectivity index (χ4n) is 1.92. The number of carbonyl (C=O) groups excluding carboxylic acids is 1. The second kappa shape index (κ2) is 20.8. The van der Waals surface area contributed by atoms with E-state index in [0.717, 1.165) is 0 Å². The number of carbonyl (C=O) groups is 1. The fraction of sp³-hybridized carbons (Fsp3) is 0.864. The minimum Gasteiger partial charge on any atom is -0.460 e. The van der Waals surface area contributed by atoms with Gasteiger partial charge in [0.1, 0.15) is 6.61 Å². The molecule has 9 heteroatoms. The van der Waals surface area contributed by atoms with Crippen molar-refractivity contribution in [3.63, 3.8) is 0 Å². The standard InChI is InChI=1S/C22H42O9/c1-20(2)21(23)30-18-16-28-14-12-26-10-8-24-6-7-25-9-11-27-13-15-29-17-19-31-22(3,4)5/h1,6-19H2,2-5H3. The van der Waals surface area contributed by atoms with Crippen molar-refractivity contribution in [3.8, 4) is 0 Å². The Bertz CT molecular complexity index is 435. The van der Waals surface area contributed by atoms with E-state index in [1.165, 1.54) is 0 Å². The highest BCUT2D eigenvalue weighted by atomic mass is 16.6. The molecule has 0 spiro atoms. The highest BCUT2D eigenvalue weighted by Gasteiger charge is 2.08. The first-order valence-electron chi connectivity index (χ1n) is 10.8. The summed E-state index contributed by atoms with van der Waals surface area (Å²) in [7, 11) is 0. The molecule has 0 aliphatic heterocycles. The molecule has 9 nitrogen and oxygen atoms in total. The van der Waals surface area contributed by atoms with Crippen LogP contribution >= 0.6 is 0 Å². The van der Waals surface area contributed by atoms with Crippen molar-refractivity contribution in [2.75, 3.05) is 92.5 Å². The maximum absolute atomic E-state index is 11.1. The van der Waals surface area contributed by atoms with Gasteiger partial charge in [-0.2, -0.15) is 0 Å². The van der Waals surface area contributed by atoms with E-state index in [4.69, 9.17) is 37.9 Å². The van der Waals surface area contributed by atoms with Crippen molar-refractivity contribution in [2.24, 2.45) is 0 Å². The molecule has 0 rings (SSSR count). The lowest BCUT2D eigenvalue weighted by Gasteiger charge is -2.19. The molecule has 0 aromatic rings. The molecular formula is C22H42O9. The summed E-state index contributed by atoms with van der Waals surface area (Å²) in [5, 5.41) is 0. The van der Waals surface area contributed by atoms with Crippen LogP contribution in [0.15, 0.2) is 12.2 Å². The monoisotopic (exact) mass is 450 g/mol. The average molecular weight is 451 g/mol. The van der Waals surface area contributed by atoms with Gasteiger partial charge in [0.15, 0.2) is 0 Å². The normalized spacial score (nSPS) is 11.6. The van der Waals surface area contributed by atoms with Gasteiger partial charge < -0.3 is 37.9 Å². The minimum absolute atomic E-state index is 0.131. The molecule has 184 valence electrons. The molecule has 0 saturated carbocycles. The first-order chi connectivity index (χ1) is 14.8. The molecule has 0 amide bonds. The smallest absolute Gasteiger partial charge is 0.333 e. The summed E-state index contributed by atoms with van der Waals surface area (Å²) in [6.07, 6.45) is 0. The van der Waals surface area contributed by atoms with Gasteiger partial charge in [0.05, 0.1) is 91.5 Å². The number of rotatable bonds is 22. The van der Waals surface area contributed by atoms with E-state index < -0.39 is 5.97 Å². The molecule has 0 aliphatic rings. The Morgan fingerprint density at radius 1 is 0.581 bits per heavy atom. The summed E-state index contributed by atoms with van der Waals surface area (Å²) in [6.45, 7) is 17.9. The Labute approximate surface area is 187 Å². The van der Waals surface area contributed by atoms with Gasteiger partial charge in [-0.05, 0) is 27.7 Å². The molecule has 0 N–H and O–H groups in total. The second-order valence-corrected chi connectivity index (χ2v) is 7.55. The lowest BCUT2D eigenvalue weighted by Crippen LogP contribution is -2.22. The van der Waals surface area contributed by atoms with Crippen LogP contribution in [0.2, 0.25) is 0 Å². The highest BCUT2D eigenvalue weighted by Crippen LogP contribution is 2.05. The summed E-state index contributed by atoms with van der Waals surface area (Å²) in [4.78, 5) is 11.1. The zero-order valence-electron chi connectivity index (χ0n) is 19.8. The van der Waals surface area contributed by atoms with Crippen LogP contribution in [0, 0.1) is 0 Å². The van der Waals surface area contributed by atoms with Crippen LogP contribution in [0.3, 0.4) is 0 Å². The number of hydrogen-bond donors (Lipinski definition) is 0. The van der Waals surface area contributed by atoms with Crippen molar-refractivity contribution in [1.29, 1.82) is 0 Å². The summed E-state index contributed by atoms with van der Waals surface area (Å²) >= 11 is 0. The minimum atomic E-state index is -0.406. The highest BCUT2D eigenvalue weighted by molar-refractivity contribution is 5.86. The van der Waals surface area contributed by atoms with E-state index in [2.05, 4.69) is 6.58 Å². The summed E-state index contributed by atoms with van der Waals surface area (Å²) < 4.78 is 42.8. The van der Waals surface area contributed by atoms with E-state index in [9.17, 15) is 4.79 Å².